The summed E-state index contributed by atoms with van der Waals surface area (Å²) < 4.78 is 4.88. The predicted molar refractivity (Wildman–Crippen MR) is 255 cm³/mol. The van der Waals surface area contributed by atoms with Crippen LogP contribution in [0, 0.1) is 0 Å². The Kier molecular flexibility index (Phi) is 7.05. The lowest BCUT2D eigenvalue weighted by Crippen LogP contribution is -1.96. The molecule has 13 rings (SSSR count). The van der Waals surface area contributed by atoms with Crippen LogP contribution in [0.3, 0.4) is 0 Å². The third kappa shape index (κ3) is 4.82. The molecule has 0 aliphatic carbocycles. The van der Waals surface area contributed by atoms with Gasteiger partial charge in [-0.3, -0.25) is 0 Å². The highest BCUT2D eigenvalue weighted by Crippen LogP contribution is 2.44. The van der Waals surface area contributed by atoms with Gasteiger partial charge >= 0.3 is 0 Å². The summed E-state index contributed by atoms with van der Waals surface area (Å²) in [7, 11) is 0. The lowest BCUT2D eigenvalue weighted by atomic mass is 9.87. The first-order valence-corrected chi connectivity index (χ1v) is 20.8. The number of rotatable bonds is 5. The second-order valence-corrected chi connectivity index (χ2v) is 16.1. The highest BCUT2D eigenvalue weighted by atomic mass is 15.0. The van der Waals surface area contributed by atoms with Crippen molar-refractivity contribution in [1.29, 1.82) is 0 Å². The number of hydrogen-bond acceptors (Lipinski definition) is 0. The van der Waals surface area contributed by atoms with E-state index in [0.29, 0.717) is 0 Å². The Morgan fingerprint density at radius 2 is 0.700 bits per heavy atom. The number of hydrogen-bond donors (Lipinski definition) is 0. The number of para-hydroxylation sites is 3. The van der Waals surface area contributed by atoms with Crippen LogP contribution in [0.15, 0.2) is 218 Å². The van der Waals surface area contributed by atoms with Gasteiger partial charge < -0.3 is 9.13 Å². The molecule has 11 aromatic carbocycles. The molecule has 0 N–H and O–H groups in total. The average Bonchev–Trinajstić information content (AvgIpc) is 3.82. The van der Waals surface area contributed by atoms with Gasteiger partial charge in [-0.25, -0.2) is 0 Å². The zero-order valence-corrected chi connectivity index (χ0v) is 32.7. The van der Waals surface area contributed by atoms with Gasteiger partial charge in [0.15, 0.2) is 0 Å². The summed E-state index contributed by atoms with van der Waals surface area (Å²) in [5, 5.41) is 12.8. The van der Waals surface area contributed by atoms with Gasteiger partial charge in [0.1, 0.15) is 0 Å². The lowest BCUT2D eigenvalue weighted by Gasteiger charge is -2.17. The first-order chi connectivity index (χ1) is 29.8. The van der Waals surface area contributed by atoms with Gasteiger partial charge in [-0.1, -0.05) is 164 Å². The van der Waals surface area contributed by atoms with Crippen molar-refractivity contribution in [1.82, 2.24) is 9.13 Å². The van der Waals surface area contributed by atoms with Crippen molar-refractivity contribution in [3.05, 3.63) is 218 Å². The topological polar surface area (TPSA) is 9.86 Å². The standard InChI is InChI=1S/C58H36N2/c1-3-13-37(14-4-1)40-15-11-16-41(33-40)45-29-25-38-28-32-50-46(30-26-39-27-31-49(45)57(38)58(39)50)42-17-12-20-44(34-42)60-54-24-10-8-22-48(54)52-35-51-47-21-7-9-23-53(47)59(55(51)36-56(52)60)43-18-5-2-6-19-43/h1-36H. The van der Waals surface area contributed by atoms with Gasteiger partial charge in [0.2, 0.25) is 0 Å². The van der Waals surface area contributed by atoms with Crippen molar-refractivity contribution in [2.45, 2.75) is 0 Å². The third-order valence-electron chi connectivity index (χ3n) is 12.8. The molecular formula is C58H36N2. The second-order valence-electron chi connectivity index (χ2n) is 16.1. The molecule has 2 nitrogen and oxygen atoms in total. The maximum atomic E-state index is 2.46. The number of aromatic nitrogens is 2. The van der Waals surface area contributed by atoms with Crippen molar-refractivity contribution in [2.24, 2.45) is 0 Å². The van der Waals surface area contributed by atoms with Gasteiger partial charge in [-0.15, -0.1) is 0 Å². The summed E-state index contributed by atoms with van der Waals surface area (Å²) in [4.78, 5) is 0. The molecule has 0 amide bonds. The molecule has 13 aromatic rings. The van der Waals surface area contributed by atoms with Crippen LogP contribution >= 0.6 is 0 Å². The molecule has 0 bridgehead atoms. The molecule has 0 aliphatic heterocycles. The Bertz CT molecular complexity index is 3810. The summed E-state index contributed by atoms with van der Waals surface area (Å²) in [6.07, 6.45) is 0. The molecule has 0 saturated carbocycles. The van der Waals surface area contributed by atoms with Crippen LogP contribution in [0.4, 0.5) is 0 Å². The highest BCUT2D eigenvalue weighted by Gasteiger charge is 2.20. The van der Waals surface area contributed by atoms with E-state index in [2.05, 4.69) is 228 Å². The molecule has 0 spiro atoms. The van der Waals surface area contributed by atoms with E-state index in [4.69, 9.17) is 0 Å². The van der Waals surface area contributed by atoms with E-state index in [1.165, 1.54) is 109 Å². The Hall–Kier alpha value is -7.94. The second kappa shape index (κ2) is 12.8. The monoisotopic (exact) mass is 760 g/mol. The minimum absolute atomic E-state index is 1.15. The minimum atomic E-state index is 1.15. The summed E-state index contributed by atoms with van der Waals surface area (Å²) in [5.41, 5.74) is 14.5. The molecule has 0 fully saturated rings. The van der Waals surface area contributed by atoms with Crippen LogP contribution in [-0.4, -0.2) is 9.13 Å². The Balaban J connectivity index is 1.01. The fourth-order valence-electron chi connectivity index (χ4n) is 10.2. The molecular weight excluding hydrogens is 725 g/mol. The molecule has 2 heteroatoms. The largest absolute Gasteiger partial charge is 0.309 e. The van der Waals surface area contributed by atoms with Crippen molar-refractivity contribution in [2.75, 3.05) is 0 Å². The maximum Gasteiger partial charge on any atom is 0.0562 e. The summed E-state index contributed by atoms with van der Waals surface area (Å²) >= 11 is 0. The van der Waals surface area contributed by atoms with Crippen LogP contribution in [0.25, 0.3) is 121 Å². The molecule has 0 radical (unpaired) electrons. The lowest BCUT2D eigenvalue weighted by molar-refractivity contribution is 1.16. The van der Waals surface area contributed by atoms with Gasteiger partial charge in [-0.05, 0) is 120 Å². The van der Waals surface area contributed by atoms with E-state index < -0.39 is 0 Å². The fourth-order valence-corrected chi connectivity index (χ4v) is 10.2. The molecule has 2 aromatic heterocycles. The summed E-state index contributed by atoms with van der Waals surface area (Å²) in [6.45, 7) is 0. The van der Waals surface area contributed by atoms with E-state index in [9.17, 15) is 0 Å². The summed E-state index contributed by atoms with van der Waals surface area (Å²) in [6, 6.07) is 80.5. The molecule has 0 unspecified atom stereocenters. The van der Waals surface area contributed by atoms with Crippen LogP contribution in [0.1, 0.15) is 0 Å². The van der Waals surface area contributed by atoms with Gasteiger partial charge in [0, 0.05) is 32.9 Å². The number of nitrogens with zero attached hydrogens (tertiary/aromatic N) is 2. The van der Waals surface area contributed by atoms with E-state index in [1.54, 1.807) is 0 Å². The first kappa shape index (κ1) is 33.1. The SMILES string of the molecule is c1ccc(-c2cccc(-c3ccc4ccc5c(-c6cccc(-n7c8ccccc8c8cc9c%10ccccc%10n(-c%10ccccc%10)c9cc87)c6)ccc6ccc3c4c65)c2)cc1. The minimum Gasteiger partial charge on any atom is -0.309 e. The van der Waals surface area contributed by atoms with Crippen LogP contribution in [-0.2, 0) is 0 Å². The van der Waals surface area contributed by atoms with Gasteiger partial charge in [-0.2, -0.15) is 0 Å². The van der Waals surface area contributed by atoms with Gasteiger partial charge in [0.25, 0.3) is 0 Å². The zero-order chi connectivity index (χ0) is 39.3. The average molecular weight is 761 g/mol. The third-order valence-corrected chi connectivity index (χ3v) is 12.8. The maximum absolute atomic E-state index is 2.46. The Morgan fingerprint density at radius 1 is 0.233 bits per heavy atom. The smallest absolute Gasteiger partial charge is 0.0562 e. The molecule has 0 saturated heterocycles. The number of fused-ring (bicyclic) bond motifs is 6. The quantitative estimate of drug-likeness (QED) is 0.155. The number of benzene rings is 11. The van der Waals surface area contributed by atoms with Crippen molar-refractivity contribution in [3.8, 4) is 44.8 Å². The van der Waals surface area contributed by atoms with Crippen molar-refractivity contribution >= 4 is 75.9 Å². The van der Waals surface area contributed by atoms with Crippen LogP contribution in [0.2, 0.25) is 0 Å². The molecule has 0 aliphatic rings. The van der Waals surface area contributed by atoms with Gasteiger partial charge in [0.05, 0.1) is 22.1 Å². The molecule has 2 heterocycles. The Morgan fingerprint density at radius 3 is 1.33 bits per heavy atom. The molecule has 278 valence electrons. The fraction of sp³-hybridized carbons (Fsp3) is 0. The first-order valence-electron chi connectivity index (χ1n) is 20.8. The van der Waals surface area contributed by atoms with E-state index in [-0.39, 0.29) is 0 Å². The Labute approximate surface area is 346 Å². The molecule has 0 atom stereocenters. The van der Waals surface area contributed by atoms with E-state index in [0.717, 1.165) is 11.4 Å². The summed E-state index contributed by atoms with van der Waals surface area (Å²) in [5.74, 6) is 0. The van der Waals surface area contributed by atoms with E-state index in [1.807, 2.05) is 0 Å². The van der Waals surface area contributed by atoms with Crippen molar-refractivity contribution < 1.29 is 0 Å². The van der Waals surface area contributed by atoms with Crippen LogP contribution in [0.5, 0.6) is 0 Å². The zero-order valence-electron chi connectivity index (χ0n) is 32.7. The van der Waals surface area contributed by atoms with E-state index >= 15 is 0 Å². The normalized spacial score (nSPS) is 12.0. The van der Waals surface area contributed by atoms with Crippen molar-refractivity contribution in [3.63, 3.8) is 0 Å². The highest BCUT2D eigenvalue weighted by molar-refractivity contribution is 6.28. The molecule has 60 heavy (non-hydrogen) atoms. The van der Waals surface area contributed by atoms with Crippen LogP contribution < -0.4 is 0 Å². The predicted octanol–water partition coefficient (Wildman–Crippen LogP) is 15.8.